The van der Waals surface area contributed by atoms with Crippen LogP contribution < -0.4 is 4.74 Å². The molecule has 15 heavy (non-hydrogen) atoms. The Balaban J connectivity index is 2.36. The monoisotopic (exact) mass is 210 g/mol. The lowest BCUT2D eigenvalue weighted by atomic mass is 10.3. The number of ether oxygens (including phenoxy) is 2. The predicted octanol–water partition coefficient (Wildman–Crippen LogP) is 1.97. The van der Waals surface area contributed by atoms with Gasteiger partial charge in [-0.1, -0.05) is 18.2 Å². The standard InChI is InChI=1S/C11H14O4/c1-9(7-8-12)14-11(13)15-10-5-3-2-4-6-10/h2-6,9,12H,7-8H2,1H3. The molecule has 0 aliphatic carbocycles. The molecule has 1 N–H and O–H groups in total. The van der Waals surface area contributed by atoms with E-state index < -0.39 is 6.16 Å². The molecule has 1 aromatic rings. The zero-order chi connectivity index (χ0) is 11.1. The summed E-state index contributed by atoms with van der Waals surface area (Å²) in [7, 11) is 0. The van der Waals surface area contributed by atoms with E-state index in [4.69, 9.17) is 14.6 Å². The number of hydrogen-bond donors (Lipinski definition) is 1. The van der Waals surface area contributed by atoms with Crippen LogP contribution in [0.4, 0.5) is 4.79 Å². The third-order valence-corrected chi connectivity index (χ3v) is 1.78. The van der Waals surface area contributed by atoms with E-state index in [1.165, 1.54) is 0 Å². The zero-order valence-electron chi connectivity index (χ0n) is 8.55. The minimum atomic E-state index is -0.748. The molecule has 0 aliphatic heterocycles. The van der Waals surface area contributed by atoms with Crippen LogP contribution in [-0.4, -0.2) is 24.0 Å². The molecule has 0 radical (unpaired) electrons. The number of carbonyl (C=O) groups is 1. The van der Waals surface area contributed by atoms with E-state index in [1.54, 1.807) is 31.2 Å². The molecule has 4 nitrogen and oxygen atoms in total. The molecule has 0 heterocycles. The summed E-state index contributed by atoms with van der Waals surface area (Å²) in [4.78, 5) is 11.2. The third-order valence-electron chi connectivity index (χ3n) is 1.78. The minimum absolute atomic E-state index is 0.0141. The zero-order valence-corrected chi connectivity index (χ0v) is 8.55. The molecule has 0 bridgehead atoms. The molecule has 1 atom stereocenters. The maximum atomic E-state index is 11.2. The fraction of sp³-hybridized carbons (Fsp3) is 0.364. The van der Waals surface area contributed by atoms with Crippen LogP contribution in [0.1, 0.15) is 13.3 Å². The molecule has 0 amide bonds. The van der Waals surface area contributed by atoms with Gasteiger partial charge in [-0.25, -0.2) is 4.79 Å². The van der Waals surface area contributed by atoms with Crippen molar-refractivity contribution in [2.45, 2.75) is 19.4 Å². The molecular weight excluding hydrogens is 196 g/mol. The van der Waals surface area contributed by atoms with E-state index in [2.05, 4.69) is 0 Å². The number of aliphatic hydroxyl groups is 1. The molecule has 82 valence electrons. The van der Waals surface area contributed by atoms with Crippen LogP contribution >= 0.6 is 0 Å². The van der Waals surface area contributed by atoms with E-state index in [-0.39, 0.29) is 12.7 Å². The Morgan fingerprint density at radius 2 is 2.07 bits per heavy atom. The maximum Gasteiger partial charge on any atom is 0.514 e. The van der Waals surface area contributed by atoms with E-state index in [0.717, 1.165) is 0 Å². The number of rotatable bonds is 4. The molecule has 0 aliphatic rings. The van der Waals surface area contributed by atoms with Crippen LogP contribution in [0.15, 0.2) is 30.3 Å². The summed E-state index contributed by atoms with van der Waals surface area (Å²) in [5, 5.41) is 8.61. The van der Waals surface area contributed by atoms with Crippen molar-refractivity contribution in [1.82, 2.24) is 0 Å². The molecule has 0 saturated carbocycles. The van der Waals surface area contributed by atoms with Crippen molar-refractivity contribution in [3.8, 4) is 5.75 Å². The van der Waals surface area contributed by atoms with Gasteiger partial charge in [-0.2, -0.15) is 0 Å². The molecular formula is C11H14O4. The summed E-state index contributed by atoms with van der Waals surface area (Å²) < 4.78 is 9.76. The predicted molar refractivity (Wildman–Crippen MR) is 54.7 cm³/mol. The Morgan fingerprint density at radius 1 is 1.40 bits per heavy atom. The molecule has 1 rings (SSSR count). The van der Waals surface area contributed by atoms with Crippen molar-refractivity contribution in [2.24, 2.45) is 0 Å². The lowest BCUT2D eigenvalue weighted by molar-refractivity contribution is 0.0548. The summed E-state index contributed by atoms with van der Waals surface area (Å²) in [5.74, 6) is 0.443. The van der Waals surface area contributed by atoms with Gasteiger partial charge in [0.1, 0.15) is 11.9 Å². The average Bonchev–Trinajstić information content (AvgIpc) is 2.19. The van der Waals surface area contributed by atoms with Crippen molar-refractivity contribution in [1.29, 1.82) is 0 Å². The SMILES string of the molecule is CC(CCO)OC(=O)Oc1ccccc1. The van der Waals surface area contributed by atoms with Crippen molar-refractivity contribution >= 4 is 6.16 Å². The van der Waals surface area contributed by atoms with Gasteiger partial charge in [0.2, 0.25) is 0 Å². The van der Waals surface area contributed by atoms with Gasteiger partial charge in [-0.05, 0) is 19.1 Å². The Labute approximate surface area is 88.4 Å². The van der Waals surface area contributed by atoms with E-state index >= 15 is 0 Å². The van der Waals surface area contributed by atoms with Crippen LogP contribution in [0, 0.1) is 0 Å². The largest absolute Gasteiger partial charge is 0.514 e. The lowest BCUT2D eigenvalue weighted by Crippen LogP contribution is -2.19. The minimum Gasteiger partial charge on any atom is -0.431 e. The summed E-state index contributed by atoms with van der Waals surface area (Å²) >= 11 is 0. The first-order valence-corrected chi connectivity index (χ1v) is 4.76. The van der Waals surface area contributed by atoms with Crippen LogP contribution in [0.5, 0.6) is 5.75 Å². The number of para-hydroxylation sites is 1. The molecule has 0 spiro atoms. The molecule has 1 unspecified atom stereocenters. The first kappa shape index (κ1) is 11.5. The highest BCUT2D eigenvalue weighted by atomic mass is 16.7. The first-order valence-electron chi connectivity index (χ1n) is 4.76. The smallest absolute Gasteiger partial charge is 0.431 e. The van der Waals surface area contributed by atoms with Gasteiger partial charge >= 0.3 is 6.16 Å². The summed E-state index contributed by atoms with van der Waals surface area (Å²) in [5.41, 5.74) is 0. The maximum absolute atomic E-state index is 11.2. The van der Waals surface area contributed by atoms with Gasteiger partial charge in [-0.3, -0.25) is 0 Å². The summed E-state index contributed by atoms with van der Waals surface area (Å²) in [6.45, 7) is 1.68. The highest BCUT2D eigenvalue weighted by molar-refractivity contribution is 5.63. The van der Waals surface area contributed by atoms with Crippen LogP contribution in [0.2, 0.25) is 0 Å². The average molecular weight is 210 g/mol. The fourth-order valence-electron chi connectivity index (χ4n) is 1.01. The quantitative estimate of drug-likeness (QED) is 0.609. The number of carbonyl (C=O) groups excluding carboxylic acids is 1. The summed E-state index contributed by atoms with van der Waals surface area (Å²) in [6.07, 6.45) is -0.683. The van der Waals surface area contributed by atoms with E-state index in [0.29, 0.717) is 12.2 Å². The van der Waals surface area contributed by atoms with Crippen LogP contribution in [0.25, 0.3) is 0 Å². The topological polar surface area (TPSA) is 55.8 Å². The second-order valence-corrected chi connectivity index (χ2v) is 3.11. The molecule has 0 fully saturated rings. The third kappa shape index (κ3) is 4.46. The van der Waals surface area contributed by atoms with Crippen molar-refractivity contribution in [2.75, 3.05) is 6.61 Å². The molecule has 0 aromatic heterocycles. The molecule has 1 aromatic carbocycles. The van der Waals surface area contributed by atoms with Crippen LogP contribution in [-0.2, 0) is 4.74 Å². The fourth-order valence-corrected chi connectivity index (χ4v) is 1.01. The summed E-state index contributed by atoms with van der Waals surface area (Å²) in [6, 6.07) is 8.68. The van der Waals surface area contributed by atoms with Gasteiger partial charge in [0, 0.05) is 13.0 Å². The Morgan fingerprint density at radius 3 is 2.67 bits per heavy atom. The van der Waals surface area contributed by atoms with E-state index in [9.17, 15) is 4.79 Å². The van der Waals surface area contributed by atoms with Crippen molar-refractivity contribution < 1.29 is 19.4 Å². The normalized spacial score (nSPS) is 11.9. The molecule has 0 saturated heterocycles. The second-order valence-electron chi connectivity index (χ2n) is 3.11. The van der Waals surface area contributed by atoms with Crippen molar-refractivity contribution in [3.05, 3.63) is 30.3 Å². The van der Waals surface area contributed by atoms with Gasteiger partial charge < -0.3 is 14.6 Å². The van der Waals surface area contributed by atoms with E-state index in [1.807, 2.05) is 6.07 Å². The second kappa shape index (κ2) is 6.03. The Bertz CT molecular complexity index is 297. The highest BCUT2D eigenvalue weighted by Gasteiger charge is 2.10. The Hall–Kier alpha value is -1.55. The number of benzene rings is 1. The lowest BCUT2D eigenvalue weighted by Gasteiger charge is -2.11. The first-order chi connectivity index (χ1) is 7.22. The highest BCUT2D eigenvalue weighted by Crippen LogP contribution is 2.10. The van der Waals surface area contributed by atoms with Crippen LogP contribution in [0.3, 0.4) is 0 Å². The Kier molecular flexibility index (Phi) is 4.63. The number of hydrogen-bond acceptors (Lipinski definition) is 4. The van der Waals surface area contributed by atoms with Gasteiger partial charge in [0.25, 0.3) is 0 Å². The van der Waals surface area contributed by atoms with Crippen molar-refractivity contribution in [3.63, 3.8) is 0 Å². The number of aliphatic hydroxyl groups excluding tert-OH is 1. The molecule has 4 heteroatoms. The van der Waals surface area contributed by atoms with Gasteiger partial charge in [-0.15, -0.1) is 0 Å². The van der Waals surface area contributed by atoms with Gasteiger partial charge in [0.05, 0.1) is 0 Å². The van der Waals surface area contributed by atoms with Gasteiger partial charge in [0.15, 0.2) is 0 Å².